The Morgan fingerprint density at radius 1 is 1.18 bits per heavy atom. The van der Waals surface area contributed by atoms with Crippen LogP contribution in [0, 0.1) is 0 Å². The molecule has 1 atom stereocenters. The van der Waals surface area contributed by atoms with Crippen molar-refractivity contribution >= 4 is 45.4 Å². The number of carbonyl (C=O) groups excluding carboxylic acids is 2. The van der Waals surface area contributed by atoms with E-state index in [0.29, 0.717) is 18.1 Å². The molecular formula is C21H20ClN3O2S. The number of para-hydroxylation sites is 1. The first kappa shape index (κ1) is 18.9. The van der Waals surface area contributed by atoms with E-state index in [2.05, 4.69) is 16.4 Å². The van der Waals surface area contributed by atoms with Crippen molar-refractivity contribution in [2.75, 3.05) is 25.4 Å². The van der Waals surface area contributed by atoms with Crippen LogP contribution in [0.5, 0.6) is 0 Å². The van der Waals surface area contributed by atoms with Gasteiger partial charge in [0.15, 0.2) is 0 Å². The summed E-state index contributed by atoms with van der Waals surface area (Å²) < 4.78 is 0. The molecule has 28 heavy (non-hydrogen) atoms. The topological polar surface area (TPSA) is 65.2 Å². The lowest BCUT2D eigenvalue weighted by atomic mass is 9.90. The highest BCUT2D eigenvalue weighted by Crippen LogP contribution is 2.34. The predicted molar refractivity (Wildman–Crippen MR) is 114 cm³/mol. The largest absolute Gasteiger partial charge is 0.361 e. The quantitative estimate of drug-likeness (QED) is 0.635. The van der Waals surface area contributed by atoms with E-state index in [1.54, 1.807) is 4.90 Å². The summed E-state index contributed by atoms with van der Waals surface area (Å²) in [4.78, 5) is 29.1. The summed E-state index contributed by atoms with van der Waals surface area (Å²) in [5.74, 6) is 0.481. The van der Waals surface area contributed by atoms with Crippen molar-refractivity contribution < 1.29 is 9.59 Å². The minimum Gasteiger partial charge on any atom is -0.361 e. The monoisotopic (exact) mass is 413 g/mol. The Hall–Kier alpha value is -2.44. The van der Waals surface area contributed by atoms with Crippen LogP contribution in [-0.2, 0) is 4.79 Å². The summed E-state index contributed by atoms with van der Waals surface area (Å²) in [6.07, 6.45) is 1.98. The molecule has 2 aromatic carbocycles. The fourth-order valence-electron chi connectivity index (χ4n) is 3.54. The Labute approximate surface area is 172 Å². The van der Waals surface area contributed by atoms with Crippen LogP contribution in [0.1, 0.15) is 17.0 Å². The van der Waals surface area contributed by atoms with Gasteiger partial charge in [-0.1, -0.05) is 59.8 Å². The minimum atomic E-state index is -0.159. The first-order chi connectivity index (χ1) is 13.6. The number of halogens is 1. The molecule has 4 rings (SSSR count). The van der Waals surface area contributed by atoms with Gasteiger partial charge in [0.2, 0.25) is 5.91 Å². The number of fused-ring (bicyclic) bond motifs is 1. The number of aromatic amines is 1. The van der Waals surface area contributed by atoms with Crippen LogP contribution >= 0.6 is 23.4 Å². The average molecular weight is 414 g/mol. The van der Waals surface area contributed by atoms with Crippen LogP contribution in [0.25, 0.3) is 10.9 Å². The molecule has 0 saturated carbocycles. The van der Waals surface area contributed by atoms with Gasteiger partial charge in [-0.05, 0) is 23.3 Å². The molecule has 7 heteroatoms. The number of aromatic nitrogens is 1. The van der Waals surface area contributed by atoms with E-state index in [1.807, 2.05) is 48.7 Å². The molecule has 0 bridgehead atoms. The number of amides is 2. The average Bonchev–Trinajstić information content (AvgIpc) is 3.30. The van der Waals surface area contributed by atoms with Crippen molar-refractivity contribution in [3.63, 3.8) is 0 Å². The number of rotatable bonds is 6. The predicted octanol–water partition coefficient (Wildman–Crippen LogP) is 4.24. The van der Waals surface area contributed by atoms with Gasteiger partial charge in [0, 0.05) is 46.9 Å². The third kappa shape index (κ3) is 3.88. The van der Waals surface area contributed by atoms with Crippen LogP contribution in [0.15, 0.2) is 54.7 Å². The van der Waals surface area contributed by atoms with E-state index >= 15 is 0 Å². The van der Waals surface area contributed by atoms with Crippen LogP contribution in [0.2, 0.25) is 5.02 Å². The normalized spacial score (nSPS) is 15.2. The van der Waals surface area contributed by atoms with Gasteiger partial charge < -0.3 is 15.2 Å². The van der Waals surface area contributed by atoms with Crippen LogP contribution in [0.3, 0.4) is 0 Å². The standard InChI is InChI=1S/C21H20ClN3O2S/c22-18-7-3-1-5-14(18)16(17-11-23-19-8-4-2-6-15(17)19)12-24-20(26)13-25-9-10-28-21(25)27/h1-8,11,16,23H,9-10,12-13H2,(H,24,26)/t16-/m1/s1. The maximum atomic E-state index is 12.4. The molecule has 3 aromatic rings. The lowest BCUT2D eigenvalue weighted by Crippen LogP contribution is -2.39. The van der Waals surface area contributed by atoms with Crippen molar-refractivity contribution in [3.05, 3.63) is 70.9 Å². The second-order valence-corrected chi connectivity index (χ2v) is 8.16. The molecule has 2 amide bonds. The molecule has 1 fully saturated rings. The summed E-state index contributed by atoms with van der Waals surface area (Å²) in [5.41, 5.74) is 3.08. The van der Waals surface area contributed by atoms with Crippen LogP contribution < -0.4 is 5.32 Å². The van der Waals surface area contributed by atoms with Crippen molar-refractivity contribution in [2.45, 2.75) is 5.92 Å². The molecule has 1 aliphatic heterocycles. The Morgan fingerprint density at radius 2 is 1.96 bits per heavy atom. The molecule has 5 nitrogen and oxygen atoms in total. The third-order valence-corrected chi connectivity index (χ3v) is 6.20. The van der Waals surface area contributed by atoms with Gasteiger partial charge in [0.1, 0.15) is 6.54 Å². The fourth-order valence-corrected chi connectivity index (χ4v) is 4.63. The number of hydrogen-bond donors (Lipinski definition) is 2. The number of hydrogen-bond acceptors (Lipinski definition) is 3. The SMILES string of the molecule is O=C(CN1CCSC1=O)NC[C@H](c1ccccc1Cl)c1c[nH]c2ccccc12. The Morgan fingerprint density at radius 3 is 2.75 bits per heavy atom. The summed E-state index contributed by atoms with van der Waals surface area (Å²) >= 11 is 7.74. The second kappa shape index (κ2) is 8.29. The summed E-state index contributed by atoms with van der Waals surface area (Å²) in [6.45, 7) is 1.11. The highest BCUT2D eigenvalue weighted by atomic mass is 35.5. The lowest BCUT2D eigenvalue weighted by molar-refractivity contribution is -0.121. The second-order valence-electron chi connectivity index (χ2n) is 6.70. The number of nitrogens with one attached hydrogen (secondary N) is 2. The van der Waals surface area contributed by atoms with Crippen molar-refractivity contribution in [1.29, 1.82) is 0 Å². The zero-order valence-electron chi connectivity index (χ0n) is 15.2. The Balaban J connectivity index is 1.58. The molecule has 2 heterocycles. The van der Waals surface area contributed by atoms with Crippen molar-refractivity contribution in [3.8, 4) is 0 Å². The van der Waals surface area contributed by atoms with Crippen LogP contribution in [0.4, 0.5) is 4.79 Å². The lowest BCUT2D eigenvalue weighted by Gasteiger charge is -2.20. The van der Waals surface area contributed by atoms with Crippen LogP contribution in [-0.4, -0.2) is 46.4 Å². The molecule has 0 aliphatic carbocycles. The van der Waals surface area contributed by atoms with Gasteiger partial charge in [0.25, 0.3) is 5.24 Å². The third-order valence-electron chi connectivity index (χ3n) is 4.96. The van der Waals surface area contributed by atoms with E-state index in [1.165, 1.54) is 11.8 Å². The van der Waals surface area contributed by atoms with Gasteiger partial charge in [-0.2, -0.15) is 0 Å². The first-order valence-electron chi connectivity index (χ1n) is 9.12. The number of carbonyl (C=O) groups is 2. The molecule has 1 aliphatic rings. The van der Waals surface area contributed by atoms with E-state index in [9.17, 15) is 9.59 Å². The van der Waals surface area contributed by atoms with E-state index in [0.717, 1.165) is 27.8 Å². The zero-order chi connectivity index (χ0) is 19.5. The molecule has 0 unspecified atom stereocenters. The van der Waals surface area contributed by atoms with Gasteiger partial charge in [0.05, 0.1) is 0 Å². The molecule has 1 saturated heterocycles. The maximum absolute atomic E-state index is 12.4. The zero-order valence-corrected chi connectivity index (χ0v) is 16.7. The van der Waals surface area contributed by atoms with E-state index in [4.69, 9.17) is 11.6 Å². The summed E-state index contributed by atoms with van der Waals surface area (Å²) in [6, 6.07) is 15.8. The number of thioether (sulfide) groups is 1. The van der Waals surface area contributed by atoms with Gasteiger partial charge >= 0.3 is 0 Å². The molecule has 1 aromatic heterocycles. The molecule has 0 radical (unpaired) electrons. The number of benzene rings is 2. The molecule has 2 N–H and O–H groups in total. The van der Waals surface area contributed by atoms with Gasteiger partial charge in [-0.3, -0.25) is 9.59 Å². The highest BCUT2D eigenvalue weighted by molar-refractivity contribution is 8.13. The molecule has 0 spiro atoms. The van der Waals surface area contributed by atoms with Gasteiger partial charge in [-0.15, -0.1) is 0 Å². The fraction of sp³-hybridized carbons (Fsp3) is 0.238. The summed E-state index contributed by atoms with van der Waals surface area (Å²) in [5, 5.41) is 4.73. The van der Waals surface area contributed by atoms with Gasteiger partial charge in [-0.25, -0.2) is 0 Å². The van der Waals surface area contributed by atoms with Crippen molar-refractivity contribution in [2.24, 2.45) is 0 Å². The summed E-state index contributed by atoms with van der Waals surface area (Å²) in [7, 11) is 0. The maximum Gasteiger partial charge on any atom is 0.282 e. The molecule has 144 valence electrons. The highest BCUT2D eigenvalue weighted by Gasteiger charge is 2.25. The Kier molecular flexibility index (Phi) is 5.59. The Bertz CT molecular complexity index is 1020. The first-order valence-corrected chi connectivity index (χ1v) is 10.5. The smallest absolute Gasteiger partial charge is 0.282 e. The minimum absolute atomic E-state index is 0.0329. The van der Waals surface area contributed by atoms with Crippen molar-refractivity contribution in [1.82, 2.24) is 15.2 Å². The molecular weight excluding hydrogens is 394 g/mol. The number of H-pyrrole nitrogens is 1. The van der Waals surface area contributed by atoms with E-state index in [-0.39, 0.29) is 23.6 Å². The van der Waals surface area contributed by atoms with E-state index < -0.39 is 0 Å². The number of nitrogens with zero attached hydrogens (tertiary/aromatic N) is 1.